The lowest BCUT2D eigenvalue weighted by Gasteiger charge is -2.20. The van der Waals surface area contributed by atoms with Crippen LogP contribution < -0.4 is 5.73 Å². The van der Waals surface area contributed by atoms with Crippen LogP contribution in [0.1, 0.15) is 25.7 Å². The van der Waals surface area contributed by atoms with E-state index in [1.54, 1.807) is 0 Å². The first-order valence-electron chi connectivity index (χ1n) is 5.24. The molecule has 0 aromatic heterocycles. The van der Waals surface area contributed by atoms with Crippen LogP contribution in [0.4, 0.5) is 0 Å². The lowest BCUT2D eigenvalue weighted by molar-refractivity contribution is 0.0689. The highest BCUT2D eigenvalue weighted by Gasteiger charge is 2.25. The van der Waals surface area contributed by atoms with Crippen LogP contribution in [0.2, 0.25) is 0 Å². The number of nitrogens with zero attached hydrogens (tertiary/aromatic N) is 1. The molecule has 0 aromatic rings. The summed E-state index contributed by atoms with van der Waals surface area (Å²) in [6, 6.07) is 0. The van der Waals surface area contributed by atoms with E-state index in [0.29, 0.717) is 11.8 Å². The maximum absolute atomic E-state index is 5.81. The van der Waals surface area contributed by atoms with Gasteiger partial charge in [0.15, 0.2) is 0 Å². The molecule has 0 unspecified atom stereocenters. The molecule has 2 fully saturated rings. The fourth-order valence-electron chi connectivity index (χ4n) is 1.67. The van der Waals surface area contributed by atoms with Gasteiger partial charge in [-0.3, -0.25) is 4.99 Å². The van der Waals surface area contributed by atoms with Crippen molar-refractivity contribution in [2.45, 2.75) is 25.7 Å². The predicted octanol–water partition coefficient (Wildman–Crippen LogP) is 1.18. The topological polar surface area (TPSA) is 47.6 Å². The SMILES string of the molecule is NC(=NCC1CCOCC1)C1CC1. The number of amidine groups is 1. The molecule has 2 N–H and O–H groups in total. The smallest absolute Gasteiger partial charge is 0.0968 e. The molecule has 0 bridgehead atoms. The molecule has 74 valence electrons. The van der Waals surface area contributed by atoms with E-state index in [-0.39, 0.29) is 0 Å². The molecule has 1 heterocycles. The van der Waals surface area contributed by atoms with Crippen molar-refractivity contribution >= 4 is 5.84 Å². The molecule has 3 heteroatoms. The Bertz CT molecular complexity index is 193. The van der Waals surface area contributed by atoms with E-state index in [1.807, 2.05) is 0 Å². The normalized spacial score (nSPS) is 26.3. The summed E-state index contributed by atoms with van der Waals surface area (Å²) in [4.78, 5) is 4.45. The molecule has 0 amide bonds. The zero-order valence-corrected chi connectivity index (χ0v) is 8.04. The molecule has 1 saturated heterocycles. The van der Waals surface area contributed by atoms with Crippen LogP contribution >= 0.6 is 0 Å². The largest absolute Gasteiger partial charge is 0.387 e. The third-order valence-electron chi connectivity index (χ3n) is 2.87. The van der Waals surface area contributed by atoms with Crippen LogP contribution in [0.3, 0.4) is 0 Å². The molecule has 0 radical (unpaired) electrons. The Morgan fingerprint density at radius 3 is 2.54 bits per heavy atom. The van der Waals surface area contributed by atoms with Crippen molar-refractivity contribution in [3.8, 4) is 0 Å². The first-order chi connectivity index (χ1) is 6.36. The summed E-state index contributed by atoms with van der Waals surface area (Å²) in [5, 5.41) is 0. The summed E-state index contributed by atoms with van der Waals surface area (Å²) in [5.74, 6) is 2.23. The first kappa shape index (κ1) is 9.00. The van der Waals surface area contributed by atoms with Gasteiger partial charge in [0, 0.05) is 25.7 Å². The number of hydrogen-bond donors (Lipinski definition) is 1. The molecule has 0 aromatic carbocycles. The van der Waals surface area contributed by atoms with Crippen LogP contribution in [-0.4, -0.2) is 25.6 Å². The summed E-state index contributed by atoms with van der Waals surface area (Å²) in [6.07, 6.45) is 4.81. The van der Waals surface area contributed by atoms with E-state index in [9.17, 15) is 0 Å². The second-order valence-electron chi connectivity index (χ2n) is 4.10. The number of ether oxygens (including phenoxy) is 1. The second-order valence-corrected chi connectivity index (χ2v) is 4.10. The molecule has 2 rings (SSSR count). The van der Waals surface area contributed by atoms with E-state index in [0.717, 1.165) is 38.4 Å². The van der Waals surface area contributed by atoms with E-state index >= 15 is 0 Å². The van der Waals surface area contributed by atoms with Crippen LogP contribution in [0.5, 0.6) is 0 Å². The Kier molecular flexibility index (Phi) is 2.83. The maximum atomic E-state index is 5.81. The third-order valence-corrected chi connectivity index (χ3v) is 2.87. The van der Waals surface area contributed by atoms with Crippen LogP contribution in [-0.2, 0) is 4.74 Å². The van der Waals surface area contributed by atoms with Crippen LogP contribution in [0.25, 0.3) is 0 Å². The average molecular weight is 182 g/mol. The Labute approximate surface area is 79.4 Å². The molecular weight excluding hydrogens is 164 g/mol. The maximum Gasteiger partial charge on any atom is 0.0968 e. The standard InChI is InChI=1S/C10H18N2O/c11-10(9-1-2-9)12-7-8-3-5-13-6-4-8/h8-9H,1-7H2,(H2,11,12). The number of nitrogens with two attached hydrogens (primary N) is 1. The fraction of sp³-hybridized carbons (Fsp3) is 0.900. The van der Waals surface area contributed by atoms with Gasteiger partial charge in [-0.25, -0.2) is 0 Å². The Balaban J connectivity index is 1.73. The molecule has 13 heavy (non-hydrogen) atoms. The van der Waals surface area contributed by atoms with E-state index < -0.39 is 0 Å². The minimum atomic E-state index is 0.625. The van der Waals surface area contributed by atoms with Gasteiger partial charge in [-0.05, 0) is 31.6 Å². The summed E-state index contributed by atoms with van der Waals surface area (Å²) < 4.78 is 5.29. The molecule has 0 spiro atoms. The molecule has 3 nitrogen and oxygen atoms in total. The van der Waals surface area contributed by atoms with Crippen molar-refractivity contribution in [2.75, 3.05) is 19.8 Å². The Hall–Kier alpha value is -0.570. The van der Waals surface area contributed by atoms with E-state index in [1.165, 1.54) is 12.8 Å². The third kappa shape index (κ3) is 2.69. The number of hydrogen-bond acceptors (Lipinski definition) is 2. The Morgan fingerprint density at radius 2 is 1.92 bits per heavy atom. The first-order valence-corrected chi connectivity index (χ1v) is 5.24. The van der Waals surface area contributed by atoms with Gasteiger partial charge >= 0.3 is 0 Å². The number of aliphatic imine (C=N–C) groups is 1. The van der Waals surface area contributed by atoms with Gasteiger partial charge in [0.25, 0.3) is 0 Å². The van der Waals surface area contributed by atoms with E-state index in [4.69, 9.17) is 10.5 Å². The predicted molar refractivity (Wildman–Crippen MR) is 52.8 cm³/mol. The van der Waals surface area contributed by atoms with Crippen molar-refractivity contribution in [1.29, 1.82) is 0 Å². The quantitative estimate of drug-likeness (QED) is 0.526. The summed E-state index contributed by atoms with van der Waals surface area (Å²) in [6.45, 7) is 2.73. The molecule has 1 aliphatic heterocycles. The summed E-state index contributed by atoms with van der Waals surface area (Å²) in [7, 11) is 0. The lowest BCUT2D eigenvalue weighted by atomic mass is 10.0. The summed E-state index contributed by atoms with van der Waals surface area (Å²) >= 11 is 0. The second kappa shape index (κ2) is 4.09. The molecule has 0 atom stereocenters. The van der Waals surface area contributed by atoms with Gasteiger partial charge < -0.3 is 10.5 Å². The van der Waals surface area contributed by atoms with Crippen LogP contribution in [0, 0.1) is 11.8 Å². The zero-order valence-electron chi connectivity index (χ0n) is 8.04. The van der Waals surface area contributed by atoms with Crippen molar-refractivity contribution in [2.24, 2.45) is 22.6 Å². The van der Waals surface area contributed by atoms with Crippen LogP contribution in [0.15, 0.2) is 4.99 Å². The van der Waals surface area contributed by atoms with Gasteiger partial charge in [-0.1, -0.05) is 0 Å². The molecular formula is C10H18N2O. The minimum absolute atomic E-state index is 0.625. The highest BCUT2D eigenvalue weighted by Crippen LogP contribution is 2.29. The van der Waals surface area contributed by atoms with Crippen molar-refractivity contribution in [1.82, 2.24) is 0 Å². The van der Waals surface area contributed by atoms with Crippen molar-refractivity contribution in [3.05, 3.63) is 0 Å². The molecule has 2 aliphatic rings. The van der Waals surface area contributed by atoms with Gasteiger partial charge in [0.2, 0.25) is 0 Å². The fourth-order valence-corrected chi connectivity index (χ4v) is 1.67. The highest BCUT2D eigenvalue weighted by atomic mass is 16.5. The van der Waals surface area contributed by atoms with Crippen molar-refractivity contribution < 1.29 is 4.74 Å². The Morgan fingerprint density at radius 1 is 1.23 bits per heavy atom. The van der Waals surface area contributed by atoms with Gasteiger partial charge in [0.05, 0.1) is 5.84 Å². The highest BCUT2D eigenvalue weighted by molar-refractivity contribution is 5.84. The lowest BCUT2D eigenvalue weighted by Crippen LogP contribution is -2.21. The monoisotopic (exact) mass is 182 g/mol. The van der Waals surface area contributed by atoms with Crippen molar-refractivity contribution in [3.63, 3.8) is 0 Å². The minimum Gasteiger partial charge on any atom is -0.387 e. The molecule has 1 aliphatic carbocycles. The number of rotatable bonds is 3. The van der Waals surface area contributed by atoms with Gasteiger partial charge in [0.1, 0.15) is 0 Å². The average Bonchev–Trinajstić information content (AvgIpc) is 2.99. The van der Waals surface area contributed by atoms with Gasteiger partial charge in [-0.15, -0.1) is 0 Å². The van der Waals surface area contributed by atoms with E-state index in [2.05, 4.69) is 4.99 Å². The molecule has 1 saturated carbocycles. The zero-order chi connectivity index (χ0) is 9.10. The van der Waals surface area contributed by atoms with Gasteiger partial charge in [-0.2, -0.15) is 0 Å². The summed E-state index contributed by atoms with van der Waals surface area (Å²) in [5.41, 5.74) is 5.81.